The van der Waals surface area contributed by atoms with E-state index in [4.69, 9.17) is 9.15 Å². The summed E-state index contributed by atoms with van der Waals surface area (Å²) >= 11 is 0. The number of ether oxygens (including phenoxy) is 1. The molecule has 0 saturated carbocycles. The summed E-state index contributed by atoms with van der Waals surface area (Å²) in [6.07, 6.45) is 1.50. The normalized spacial score (nSPS) is 18.9. The van der Waals surface area contributed by atoms with Gasteiger partial charge < -0.3 is 14.5 Å². The second kappa shape index (κ2) is 7.59. The predicted molar refractivity (Wildman–Crippen MR) is 101 cm³/mol. The third-order valence-corrected chi connectivity index (χ3v) is 5.15. The molecule has 1 aliphatic rings. The maximum Gasteiger partial charge on any atom is 0.420 e. The highest BCUT2D eigenvalue weighted by molar-refractivity contribution is 5.83. The number of aromatic nitrogens is 1. The standard InChI is InChI=1S/C21H21FN2O4/c1-13(24-16-5-2-3-6-17(16)28-21(24)26)20(25)23-19(18-7-4-12-27-18)14-8-10-15(22)11-9-14/h2-3,5-6,8-11,13,18-19H,4,7,12H2,1H3,(H,23,25)/t13-,18+,19-/m1/s1. The predicted octanol–water partition coefficient (Wildman–Crippen LogP) is 3.33. The van der Waals surface area contributed by atoms with Crippen LogP contribution in [0, 0.1) is 5.82 Å². The second-order valence-electron chi connectivity index (χ2n) is 6.97. The fourth-order valence-corrected chi connectivity index (χ4v) is 3.67. The minimum atomic E-state index is -0.777. The number of hydrogen-bond donors (Lipinski definition) is 1. The number of benzene rings is 2. The Hall–Kier alpha value is -2.93. The number of hydrogen-bond acceptors (Lipinski definition) is 4. The zero-order chi connectivity index (χ0) is 19.7. The van der Waals surface area contributed by atoms with Crippen LogP contribution < -0.4 is 11.1 Å². The van der Waals surface area contributed by atoms with Crippen molar-refractivity contribution in [2.45, 2.75) is 38.0 Å². The maximum absolute atomic E-state index is 13.3. The largest absolute Gasteiger partial charge is 0.420 e. The van der Waals surface area contributed by atoms with Gasteiger partial charge in [0, 0.05) is 6.61 Å². The zero-order valence-corrected chi connectivity index (χ0v) is 15.4. The summed E-state index contributed by atoms with van der Waals surface area (Å²) in [7, 11) is 0. The third-order valence-electron chi connectivity index (χ3n) is 5.15. The van der Waals surface area contributed by atoms with Gasteiger partial charge in [0.2, 0.25) is 5.91 Å². The molecule has 2 aromatic carbocycles. The molecule has 1 aliphatic heterocycles. The second-order valence-corrected chi connectivity index (χ2v) is 6.97. The number of rotatable bonds is 5. The summed E-state index contributed by atoms with van der Waals surface area (Å²) in [5.41, 5.74) is 1.75. The quantitative estimate of drug-likeness (QED) is 0.732. The first kappa shape index (κ1) is 18.4. The van der Waals surface area contributed by atoms with E-state index in [2.05, 4.69) is 5.32 Å². The highest BCUT2D eigenvalue weighted by Gasteiger charge is 2.31. The first-order valence-electron chi connectivity index (χ1n) is 9.32. The summed E-state index contributed by atoms with van der Waals surface area (Å²) < 4.78 is 25.7. The summed E-state index contributed by atoms with van der Waals surface area (Å²) in [5, 5.41) is 2.99. The Bertz CT molecular complexity index is 1030. The number of amides is 1. The van der Waals surface area contributed by atoms with Crippen molar-refractivity contribution < 1.29 is 18.3 Å². The highest BCUT2D eigenvalue weighted by atomic mass is 19.1. The van der Waals surface area contributed by atoms with Crippen LogP contribution in [0.15, 0.2) is 57.7 Å². The van der Waals surface area contributed by atoms with Crippen LogP contribution in [0.2, 0.25) is 0 Å². The Labute approximate surface area is 160 Å². The van der Waals surface area contributed by atoms with Gasteiger partial charge >= 0.3 is 5.76 Å². The minimum Gasteiger partial charge on any atom is -0.408 e. The van der Waals surface area contributed by atoms with E-state index in [0.717, 1.165) is 18.4 Å². The first-order valence-corrected chi connectivity index (χ1v) is 9.32. The summed E-state index contributed by atoms with van der Waals surface area (Å²) in [5.74, 6) is -1.26. The van der Waals surface area contributed by atoms with Crippen LogP contribution in [0.5, 0.6) is 0 Å². The number of nitrogens with one attached hydrogen (secondary N) is 1. The molecule has 2 heterocycles. The molecule has 1 aromatic heterocycles. The van der Waals surface area contributed by atoms with E-state index in [1.54, 1.807) is 43.3 Å². The minimum absolute atomic E-state index is 0.195. The van der Waals surface area contributed by atoms with Gasteiger partial charge in [-0.25, -0.2) is 9.18 Å². The third kappa shape index (κ3) is 3.45. The van der Waals surface area contributed by atoms with Crippen LogP contribution in [0.25, 0.3) is 11.1 Å². The van der Waals surface area contributed by atoms with Gasteiger partial charge in [-0.3, -0.25) is 9.36 Å². The van der Waals surface area contributed by atoms with Crippen molar-refractivity contribution in [1.29, 1.82) is 0 Å². The lowest BCUT2D eigenvalue weighted by Gasteiger charge is -2.26. The van der Waals surface area contributed by atoms with Crippen LogP contribution in [-0.2, 0) is 9.53 Å². The van der Waals surface area contributed by atoms with Crippen molar-refractivity contribution in [2.75, 3.05) is 6.61 Å². The average Bonchev–Trinajstić information content (AvgIpc) is 3.33. The van der Waals surface area contributed by atoms with Gasteiger partial charge in [-0.2, -0.15) is 0 Å². The van der Waals surface area contributed by atoms with E-state index >= 15 is 0 Å². The lowest BCUT2D eigenvalue weighted by molar-refractivity contribution is -0.125. The van der Waals surface area contributed by atoms with E-state index < -0.39 is 17.8 Å². The number of fused-ring (bicyclic) bond motifs is 1. The molecule has 0 radical (unpaired) electrons. The lowest BCUT2D eigenvalue weighted by Crippen LogP contribution is -2.40. The van der Waals surface area contributed by atoms with Crippen LogP contribution >= 0.6 is 0 Å². The lowest BCUT2D eigenvalue weighted by atomic mass is 9.99. The zero-order valence-electron chi connectivity index (χ0n) is 15.4. The molecule has 0 spiro atoms. The highest BCUT2D eigenvalue weighted by Crippen LogP contribution is 2.28. The molecule has 28 heavy (non-hydrogen) atoms. The molecule has 1 N–H and O–H groups in total. The molecule has 1 saturated heterocycles. The van der Waals surface area contributed by atoms with Crippen molar-refractivity contribution in [3.63, 3.8) is 0 Å². The Kier molecular flexibility index (Phi) is 5.00. The molecular formula is C21H21FN2O4. The van der Waals surface area contributed by atoms with Crippen molar-refractivity contribution in [3.05, 3.63) is 70.5 Å². The van der Waals surface area contributed by atoms with Gasteiger partial charge in [0.25, 0.3) is 0 Å². The molecule has 7 heteroatoms. The first-order chi connectivity index (χ1) is 13.5. The van der Waals surface area contributed by atoms with Gasteiger partial charge in [-0.15, -0.1) is 0 Å². The molecule has 3 aromatic rings. The Morgan fingerprint density at radius 1 is 1.21 bits per heavy atom. The summed E-state index contributed by atoms with van der Waals surface area (Å²) in [4.78, 5) is 25.3. The van der Waals surface area contributed by atoms with E-state index in [1.807, 2.05) is 0 Å². The summed E-state index contributed by atoms with van der Waals surface area (Å²) in [6, 6.07) is 11.8. The Morgan fingerprint density at radius 3 is 2.68 bits per heavy atom. The number of nitrogens with zero attached hydrogens (tertiary/aromatic N) is 1. The number of carbonyl (C=O) groups excluding carboxylic acids is 1. The smallest absolute Gasteiger partial charge is 0.408 e. The number of carbonyl (C=O) groups is 1. The van der Waals surface area contributed by atoms with Crippen LogP contribution in [0.3, 0.4) is 0 Å². The van der Waals surface area contributed by atoms with Gasteiger partial charge in [0.1, 0.15) is 11.9 Å². The van der Waals surface area contributed by atoms with Gasteiger partial charge in [0.05, 0.1) is 17.7 Å². The molecule has 0 bridgehead atoms. The fourth-order valence-electron chi connectivity index (χ4n) is 3.67. The van der Waals surface area contributed by atoms with Crippen LogP contribution in [0.1, 0.15) is 37.4 Å². The van der Waals surface area contributed by atoms with Crippen LogP contribution in [-0.4, -0.2) is 23.2 Å². The molecular weight excluding hydrogens is 363 g/mol. The monoisotopic (exact) mass is 384 g/mol. The van der Waals surface area contributed by atoms with Crippen molar-refractivity contribution in [3.8, 4) is 0 Å². The molecule has 0 aliphatic carbocycles. The van der Waals surface area contributed by atoms with Crippen LogP contribution in [0.4, 0.5) is 4.39 Å². The van der Waals surface area contributed by atoms with E-state index in [9.17, 15) is 14.0 Å². The number of oxazole rings is 1. The molecule has 1 amide bonds. The molecule has 3 atom stereocenters. The van der Waals surface area contributed by atoms with E-state index in [-0.39, 0.29) is 17.8 Å². The molecule has 6 nitrogen and oxygen atoms in total. The van der Waals surface area contributed by atoms with Gasteiger partial charge in [-0.1, -0.05) is 24.3 Å². The van der Waals surface area contributed by atoms with Gasteiger partial charge in [0.15, 0.2) is 5.58 Å². The Balaban J connectivity index is 1.62. The van der Waals surface area contributed by atoms with E-state index in [0.29, 0.717) is 17.7 Å². The molecule has 4 rings (SSSR count). The molecule has 1 fully saturated rings. The fraction of sp³-hybridized carbons (Fsp3) is 0.333. The SMILES string of the molecule is C[C@H](C(=O)N[C@H](c1ccc(F)cc1)[C@@H]1CCCO1)n1c(=O)oc2ccccc21. The number of halogens is 1. The maximum atomic E-state index is 13.3. The van der Waals surface area contributed by atoms with Crippen molar-refractivity contribution in [2.24, 2.45) is 0 Å². The molecule has 0 unspecified atom stereocenters. The van der Waals surface area contributed by atoms with E-state index in [1.165, 1.54) is 16.7 Å². The average molecular weight is 384 g/mol. The van der Waals surface area contributed by atoms with Gasteiger partial charge in [-0.05, 0) is 49.6 Å². The molecule has 146 valence electrons. The summed E-state index contributed by atoms with van der Waals surface area (Å²) in [6.45, 7) is 2.27. The van der Waals surface area contributed by atoms with Crippen molar-refractivity contribution >= 4 is 17.0 Å². The topological polar surface area (TPSA) is 73.5 Å². The van der Waals surface area contributed by atoms with Crippen molar-refractivity contribution in [1.82, 2.24) is 9.88 Å². The number of para-hydroxylation sites is 2. The Morgan fingerprint density at radius 2 is 1.96 bits per heavy atom.